The molecule has 0 radical (unpaired) electrons. The fourth-order valence-electron chi connectivity index (χ4n) is 5.38. The van der Waals surface area contributed by atoms with Crippen molar-refractivity contribution >= 4 is 33.6 Å². The normalized spacial score (nSPS) is 21.3. The maximum atomic E-state index is 13.4. The Hall–Kier alpha value is -3.38. The molecule has 0 aliphatic carbocycles. The van der Waals surface area contributed by atoms with Gasteiger partial charge in [-0.15, -0.1) is 0 Å². The number of rotatable bonds is 3. The van der Waals surface area contributed by atoms with Gasteiger partial charge in [0.1, 0.15) is 6.73 Å². The number of nitrogens with zero attached hydrogens (tertiary/aromatic N) is 2. The third-order valence-electron chi connectivity index (χ3n) is 6.69. The number of para-hydroxylation sites is 2. The first kappa shape index (κ1) is 17.5. The Morgan fingerprint density at radius 3 is 2.57 bits per heavy atom. The maximum Gasteiger partial charge on any atom is 0.239 e. The van der Waals surface area contributed by atoms with Crippen LogP contribution in [-0.4, -0.2) is 38.1 Å². The molecule has 0 spiro atoms. The second kappa shape index (κ2) is 6.31. The SMILES string of the molecule is O=C1[C@@H](c2c[nH]c3ccccc23)[C@H](c2cn3c4c(cccc24)CCC3)C(=O)N1CO. The summed E-state index contributed by atoms with van der Waals surface area (Å²) in [5, 5.41) is 11.8. The van der Waals surface area contributed by atoms with Crippen molar-refractivity contribution in [2.75, 3.05) is 6.73 Å². The number of likely N-dealkylation sites (tertiary alicyclic amines) is 1. The van der Waals surface area contributed by atoms with E-state index in [1.165, 1.54) is 11.1 Å². The molecule has 0 unspecified atom stereocenters. The number of imide groups is 1. The molecule has 1 saturated heterocycles. The summed E-state index contributed by atoms with van der Waals surface area (Å²) in [5.41, 5.74) is 5.05. The van der Waals surface area contributed by atoms with Gasteiger partial charge in [0, 0.05) is 35.2 Å². The molecule has 6 rings (SSSR count). The number of carbonyl (C=O) groups is 2. The van der Waals surface area contributed by atoms with Gasteiger partial charge in [-0.25, -0.2) is 0 Å². The highest BCUT2D eigenvalue weighted by Crippen LogP contribution is 2.46. The summed E-state index contributed by atoms with van der Waals surface area (Å²) in [5.74, 6) is -1.99. The fourth-order valence-corrected chi connectivity index (χ4v) is 5.38. The molecule has 2 aromatic heterocycles. The third-order valence-corrected chi connectivity index (χ3v) is 6.69. The summed E-state index contributed by atoms with van der Waals surface area (Å²) in [6.07, 6.45) is 5.96. The van der Waals surface area contributed by atoms with E-state index in [9.17, 15) is 14.7 Å². The van der Waals surface area contributed by atoms with Gasteiger partial charge in [-0.2, -0.15) is 0 Å². The van der Waals surface area contributed by atoms with Gasteiger partial charge in [-0.1, -0.05) is 36.4 Å². The van der Waals surface area contributed by atoms with E-state index in [2.05, 4.69) is 15.6 Å². The number of aromatic nitrogens is 2. The Bertz CT molecular complexity index is 1330. The molecular weight excluding hydrogens is 378 g/mol. The highest BCUT2D eigenvalue weighted by molar-refractivity contribution is 6.13. The highest BCUT2D eigenvalue weighted by Gasteiger charge is 2.50. The molecular formula is C24H21N3O3. The number of benzene rings is 2. The van der Waals surface area contributed by atoms with Crippen LogP contribution in [-0.2, 0) is 22.6 Å². The Labute approximate surface area is 172 Å². The van der Waals surface area contributed by atoms with Gasteiger partial charge in [0.05, 0.1) is 17.4 Å². The summed E-state index contributed by atoms with van der Waals surface area (Å²) < 4.78 is 2.22. The summed E-state index contributed by atoms with van der Waals surface area (Å²) in [7, 11) is 0. The predicted octanol–water partition coefficient (Wildman–Crippen LogP) is 3.25. The molecule has 150 valence electrons. The quantitative estimate of drug-likeness (QED) is 0.519. The summed E-state index contributed by atoms with van der Waals surface area (Å²) in [6, 6.07) is 14.0. The topological polar surface area (TPSA) is 78.3 Å². The average molecular weight is 399 g/mol. The van der Waals surface area contributed by atoms with Gasteiger partial charge < -0.3 is 14.7 Å². The van der Waals surface area contributed by atoms with Gasteiger partial charge in [0.15, 0.2) is 0 Å². The molecule has 2 aliphatic heterocycles. The van der Waals surface area contributed by atoms with Crippen LogP contribution in [0.25, 0.3) is 21.8 Å². The van der Waals surface area contributed by atoms with E-state index in [1.807, 2.05) is 48.8 Å². The average Bonchev–Trinajstić information content (AvgIpc) is 3.42. The number of aliphatic hydroxyl groups excluding tert-OH is 1. The van der Waals surface area contributed by atoms with Crippen LogP contribution in [0.15, 0.2) is 54.9 Å². The molecule has 2 amide bonds. The summed E-state index contributed by atoms with van der Waals surface area (Å²) >= 11 is 0. The monoisotopic (exact) mass is 399 g/mol. The molecule has 0 saturated carbocycles. The van der Waals surface area contributed by atoms with E-state index in [-0.39, 0.29) is 11.8 Å². The lowest BCUT2D eigenvalue weighted by molar-refractivity contribution is -0.143. The summed E-state index contributed by atoms with van der Waals surface area (Å²) in [6.45, 7) is 0.306. The zero-order chi connectivity index (χ0) is 20.4. The van der Waals surface area contributed by atoms with E-state index in [0.29, 0.717) is 0 Å². The van der Waals surface area contributed by atoms with Crippen molar-refractivity contribution in [2.45, 2.75) is 31.2 Å². The van der Waals surface area contributed by atoms with Gasteiger partial charge in [0.25, 0.3) is 0 Å². The number of aliphatic hydroxyl groups is 1. The molecule has 2 aliphatic rings. The number of H-pyrrole nitrogens is 1. The van der Waals surface area contributed by atoms with Gasteiger partial charge in [-0.3, -0.25) is 14.5 Å². The Balaban J connectivity index is 1.60. The van der Waals surface area contributed by atoms with Crippen molar-refractivity contribution < 1.29 is 14.7 Å². The third kappa shape index (κ3) is 2.22. The van der Waals surface area contributed by atoms with Crippen LogP contribution < -0.4 is 0 Å². The standard InChI is InChI=1S/C24H21N3O3/c28-13-27-23(29)20(17-11-25-19-9-2-1-7-15(17)19)21(24(27)30)18-12-26-10-4-6-14-5-3-8-16(18)22(14)26/h1-3,5,7-9,11-12,20-21,25,28H,4,6,10,13H2/t20-,21-/m0/s1. The van der Waals surface area contributed by atoms with Crippen LogP contribution in [0.4, 0.5) is 0 Å². The van der Waals surface area contributed by atoms with Crippen molar-refractivity contribution in [3.05, 3.63) is 71.5 Å². The van der Waals surface area contributed by atoms with Crippen molar-refractivity contribution in [2.24, 2.45) is 0 Å². The van der Waals surface area contributed by atoms with E-state index in [4.69, 9.17) is 0 Å². The fraction of sp³-hybridized carbons (Fsp3) is 0.250. The number of carbonyl (C=O) groups excluding carboxylic acids is 2. The van der Waals surface area contributed by atoms with Gasteiger partial charge >= 0.3 is 0 Å². The minimum Gasteiger partial charge on any atom is -0.376 e. The molecule has 2 N–H and O–H groups in total. The minimum absolute atomic E-state index is 0.332. The van der Waals surface area contributed by atoms with Crippen molar-refractivity contribution in [1.29, 1.82) is 0 Å². The first-order valence-corrected chi connectivity index (χ1v) is 10.3. The van der Waals surface area contributed by atoms with Gasteiger partial charge in [0.2, 0.25) is 11.8 Å². The molecule has 2 atom stereocenters. The number of aryl methyl sites for hydroxylation is 2. The van der Waals surface area contributed by atoms with Crippen molar-refractivity contribution in [3.63, 3.8) is 0 Å². The number of nitrogens with one attached hydrogen (secondary N) is 1. The van der Waals surface area contributed by atoms with Crippen molar-refractivity contribution in [3.8, 4) is 0 Å². The number of aromatic amines is 1. The van der Waals surface area contributed by atoms with Crippen LogP contribution in [0.3, 0.4) is 0 Å². The second-order valence-corrected chi connectivity index (χ2v) is 8.19. The largest absolute Gasteiger partial charge is 0.376 e. The number of hydrogen-bond acceptors (Lipinski definition) is 3. The zero-order valence-corrected chi connectivity index (χ0v) is 16.3. The van der Waals surface area contributed by atoms with E-state index >= 15 is 0 Å². The molecule has 1 fully saturated rings. The molecule has 6 heteroatoms. The van der Waals surface area contributed by atoms with Crippen LogP contribution in [0.1, 0.15) is 34.9 Å². The molecule has 4 aromatic rings. The smallest absolute Gasteiger partial charge is 0.239 e. The van der Waals surface area contributed by atoms with E-state index in [1.54, 1.807) is 0 Å². The predicted molar refractivity (Wildman–Crippen MR) is 113 cm³/mol. The Morgan fingerprint density at radius 1 is 0.967 bits per heavy atom. The molecule has 4 heterocycles. The first-order valence-electron chi connectivity index (χ1n) is 10.3. The van der Waals surface area contributed by atoms with E-state index < -0.39 is 18.6 Å². The Morgan fingerprint density at radius 2 is 1.73 bits per heavy atom. The lowest BCUT2D eigenvalue weighted by atomic mass is 9.83. The molecule has 2 aromatic carbocycles. The van der Waals surface area contributed by atoms with Crippen LogP contribution >= 0.6 is 0 Å². The first-order chi connectivity index (χ1) is 14.7. The van der Waals surface area contributed by atoms with Gasteiger partial charge in [-0.05, 0) is 35.6 Å². The number of hydrogen-bond donors (Lipinski definition) is 2. The summed E-state index contributed by atoms with van der Waals surface area (Å²) in [4.78, 5) is 30.9. The van der Waals surface area contributed by atoms with Crippen LogP contribution in [0.5, 0.6) is 0 Å². The van der Waals surface area contributed by atoms with Crippen molar-refractivity contribution in [1.82, 2.24) is 14.5 Å². The molecule has 6 nitrogen and oxygen atoms in total. The van der Waals surface area contributed by atoms with Crippen LogP contribution in [0.2, 0.25) is 0 Å². The van der Waals surface area contributed by atoms with E-state index in [0.717, 1.165) is 51.7 Å². The molecule has 0 bridgehead atoms. The molecule has 30 heavy (non-hydrogen) atoms. The maximum absolute atomic E-state index is 13.4. The number of fused-ring (bicyclic) bond motifs is 1. The number of amides is 2. The Kier molecular flexibility index (Phi) is 3.67. The lowest BCUT2D eigenvalue weighted by Gasteiger charge is -2.15. The van der Waals surface area contributed by atoms with Crippen LogP contribution in [0, 0.1) is 0 Å². The lowest BCUT2D eigenvalue weighted by Crippen LogP contribution is -2.31. The highest BCUT2D eigenvalue weighted by atomic mass is 16.3. The zero-order valence-electron chi connectivity index (χ0n) is 16.3. The second-order valence-electron chi connectivity index (χ2n) is 8.19. The minimum atomic E-state index is -0.663.